The van der Waals surface area contributed by atoms with Crippen LogP contribution in [0.2, 0.25) is 0 Å². The zero-order valence-electron chi connectivity index (χ0n) is 16.4. The topological polar surface area (TPSA) is 52.7 Å². The van der Waals surface area contributed by atoms with Crippen LogP contribution < -0.4 is 10.2 Å². The van der Waals surface area contributed by atoms with Crippen molar-refractivity contribution in [2.75, 3.05) is 31.1 Å². The van der Waals surface area contributed by atoms with E-state index in [-0.39, 0.29) is 30.6 Å². The van der Waals surface area contributed by atoms with Crippen LogP contribution >= 0.6 is 0 Å². The molecule has 148 valence electrons. The fraction of sp³-hybridized carbons (Fsp3) is 0.364. The van der Waals surface area contributed by atoms with Gasteiger partial charge in [-0.15, -0.1) is 0 Å². The molecule has 3 rings (SSSR count). The highest BCUT2D eigenvalue weighted by Gasteiger charge is 2.23. The van der Waals surface area contributed by atoms with Crippen LogP contribution in [0.4, 0.5) is 10.1 Å². The first-order chi connectivity index (χ1) is 13.4. The van der Waals surface area contributed by atoms with E-state index in [0.717, 1.165) is 18.7 Å². The third-order valence-corrected chi connectivity index (χ3v) is 5.26. The number of amides is 2. The maximum Gasteiger partial charge on any atom is 0.232 e. The Morgan fingerprint density at radius 3 is 2.36 bits per heavy atom. The summed E-state index contributed by atoms with van der Waals surface area (Å²) in [5.74, 6) is -0.784. The molecule has 0 aliphatic carbocycles. The highest BCUT2D eigenvalue weighted by Crippen LogP contribution is 2.23. The monoisotopic (exact) mass is 383 g/mol. The van der Waals surface area contributed by atoms with E-state index in [1.807, 2.05) is 0 Å². The van der Waals surface area contributed by atoms with Crippen LogP contribution in [0.1, 0.15) is 23.1 Å². The molecule has 1 saturated heterocycles. The molecule has 2 aromatic carbocycles. The van der Waals surface area contributed by atoms with Crippen LogP contribution in [0.3, 0.4) is 0 Å². The van der Waals surface area contributed by atoms with Crippen molar-refractivity contribution in [3.63, 3.8) is 0 Å². The highest BCUT2D eigenvalue weighted by molar-refractivity contribution is 5.97. The van der Waals surface area contributed by atoms with Gasteiger partial charge in [-0.25, -0.2) is 4.39 Å². The van der Waals surface area contributed by atoms with Gasteiger partial charge in [0.05, 0.1) is 0 Å². The Hall–Kier alpha value is -2.89. The maximum absolute atomic E-state index is 12.9. The number of halogens is 1. The van der Waals surface area contributed by atoms with Crippen LogP contribution in [0.15, 0.2) is 42.5 Å². The second-order valence-electron chi connectivity index (χ2n) is 7.17. The molecule has 0 unspecified atom stereocenters. The first kappa shape index (κ1) is 19.9. The Kier molecular flexibility index (Phi) is 6.29. The summed E-state index contributed by atoms with van der Waals surface area (Å²) in [4.78, 5) is 28.5. The predicted molar refractivity (Wildman–Crippen MR) is 108 cm³/mol. The minimum atomic E-state index is -0.315. The van der Waals surface area contributed by atoms with E-state index in [9.17, 15) is 14.0 Å². The predicted octanol–water partition coefficient (Wildman–Crippen LogP) is 2.80. The molecule has 0 atom stereocenters. The number of carbonyl (C=O) groups is 2. The van der Waals surface area contributed by atoms with Crippen molar-refractivity contribution in [2.24, 2.45) is 0 Å². The number of benzene rings is 2. The second kappa shape index (κ2) is 8.87. The zero-order valence-corrected chi connectivity index (χ0v) is 16.4. The lowest BCUT2D eigenvalue weighted by Crippen LogP contribution is -2.49. The number of nitrogens with one attached hydrogen (secondary N) is 1. The van der Waals surface area contributed by atoms with E-state index in [0.29, 0.717) is 13.1 Å². The Labute approximate surface area is 165 Å². The van der Waals surface area contributed by atoms with Gasteiger partial charge in [0.2, 0.25) is 11.8 Å². The summed E-state index contributed by atoms with van der Waals surface area (Å²) in [6, 6.07) is 12.2. The van der Waals surface area contributed by atoms with Crippen LogP contribution in [0, 0.1) is 19.7 Å². The lowest BCUT2D eigenvalue weighted by atomic mass is 10.1. The highest BCUT2D eigenvalue weighted by atomic mass is 19.1. The fourth-order valence-corrected chi connectivity index (χ4v) is 3.39. The molecule has 5 nitrogen and oxygen atoms in total. The first-order valence-corrected chi connectivity index (χ1v) is 9.54. The van der Waals surface area contributed by atoms with Crippen molar-refractivity contribution in [2.45, 2.75) is 26.8 Å². The van der Waals surface area contributed by atoms with E-state index in [1.165, 1.54) is 28.9 Å². The standard InChI is InChI=1S/C22H26FN3O2/c1-16-4-3-5-20(17(16)2)25-10-12-26(13-11-25)22(28)14-21(27)24-15-18-6-8-19(23)9-7-18/h3-9H,10-15H2,1-2H3,(H,24,27). The Bertz CT molecular complexity index is 843. The molecule has 0 aromatic heterocycles. The number of hydrogen-bond acceptors (Lipinski definition) is 3. The third kappa shape index (κ3) is 4.88. The van der Waals surface area contributed by atoms with Crippen LogP contribution in [0.5, 0.6) is 0 Å². The van der Waals surface area contributed by atoms with E-state index in [2.05, 4.69) is 42.3 Å². The van der Waals surface area contributed by atoms with Gasteiger partial charge in [-0.2, -0.15) is 0 Å². The number of anilines is 1. The number of carbonyl (C=O) groups excluding carboxylic acids is 2. The summed E-state index contributed by atoms with van der Waals surface area (Å²) in [6.07, 6.45) is -0.162. The molecule has 1 fully saturated rings. The normalized spacial score (nSPS) is 14.1. The summed E-state index contributed by atoms with van der Waals surface area (Å²) >= 11 is 0. The zero-order chi connectivity index (χ0) is 20.1. The van der Waals surface area contributed by atoms with Gasteiger partial charge in [0.1, 0.15) is 12.2 Å². The number of nitrogens with zero attached hydrogens (tertiary/aromatic N) is 2. The van der Waals surface area contributed by atoms with Crippen LogP contribution in [0.25, 0.3) is 0 Å². The molecule has 1 aliphatic heterocycles. The molecule has 0 saturated carbocycles. The molecule has 1 heterocycles. The molecule has 2 amide bonds. The van der Waals surface area contributed by atoms with Crippen molar-refractivity contribution in [3.05, 3.63) is 65.0 Å². The minimum Gasteiger partial charge on any atom is -0.368 e. The first-order valence-electron chi connectivity index (χ1n) is 9.54. The van der Waals surface area contributed by atoms with E-state index < -0.39 is 0 Å². The molecule has 2 aromatic rings. The quantitative estimate of drug-likeness (QED) is 0.808. The largest absolute Gasteiger partial charge is 0.368 e. The van der Waals surface area contributed by atoms with Crippen LogP contribution in [-0.2, 0) is 16.1 Å². The fourth-order valence-electron chi connectivity index (χ4n) is 3.39. The minimum absolute atomic E-state index is 0.155. The van der Waals surface area contributed by atoms with E-state index in [1.54, 1.807) is 17.0 Å². The summed E-state index contributed by atoms with van der Waals surface area (Å²) < 4.78 is 12.9. The Morgan fingerprint density at radius 1 is 1.00 bits per heavy atom. The average molecular weight is 383 g/mol. The summed E-state index contributed by atoms with van der Waals surface area (Å²) in [6.45, 7) is 7.24. The second-order valence-corrected chi connectivity index (χ2v) is 7.17. The van der Waals surface area contributed by atoms with Crippen molar-refractivity contribution in [1.82, 2.24) is 10.2 Å². The SMILES string of the molecule is Cc1cccc(N2CCN(C(=O)CC(=O)NCc3ccc(F)cc3)CC2)c1C. The van der Waals surface area contributed by atoms with Gasteiger partial charge < -0.3 is 15.1 Å². The summed E-state index contributed by atoms with van der Waals surface area (Å²) in [5.41, 5.74) is 4.53. The molecule has 1 N–H and O–H groups in total. The van der Waals surface area contributed by atoms with Crippen molar-refractivity contribution < 1.29 is 14.0 Å². The van der Waals surface area contributed by atoms with Crippen molar-refractivity contribution in [1.29, 1.82) is 0 Å². The smallest absolute Gasteiger partial charge is 0.232 e. The van der Waals surface area contributed by atoms with Crippen LogP contribution in [-0.4, -0.2) is 42.9 Å². The van der Waals surface area contributed by atoms with Crippen molar-refractivity contribution in [3.8, 4) is 0 Å². The van der Waals surface area contributed by atoms with Gasteiger partial charge in [0.25, 0.3) is 0 Å². The number of aryl methyl sites for hydroxylation is 1. The van der Waals surface area contributed by atoms with Gasteiger partial charge in [-0.1, -0.05) is 24.3 Å². The molecular weight excluding hydrogens is 357 g/mol. The van der Waals surface area contributed by atoms with Gasteiger partial charge >= 0.3 is 0 Å². The average Bonchev–Trinajstić information content (AvgIpc) is 2.70. The molecular formula is C22H26FN3O2. The van der Waals surface area contributed by atoms with E-state index >= 15 is 0 Å². The number of piperazine rings is 1. The number of hydrogen-bond donors (Lipinski definition) is 1. The van der Waals surface area contributed by atoms with Crippen molar-refractivity contribution >= 4 is 17.5 Å². The van der Waals surface area contributed by atoms with Gasteiger partial charge in [-0.05, 0) is 48.7 Å². The van der Waals surface area contributed by atoms with Gasteiger partial charge in [-0.3, -0.25) is 9.59 Å². The lowest BCUT2D eigenvalue weighted by molar-refractivity contribution is -0.136. The molecule has 0 spiro atoms. The molecule has 6 heteroatoms. The van der Waals surface area contributed by atoms with Gasteiger partial charge in [0, 0.05) is 38.4 Å². The van der Waals surface area contributed by atoms with Gasteiger partial charge in [0.15, 0.2) is 0 Å². The Balaban J connectivity index is 1.46. The molecule has 0 radical (unpaired) electrons. The molecule has 0 bridgehead atoms. The molecule has 28 heavy (non-hydrogen) atoms. The number of rotatable bonds is 5. The van der Waals surface area contributed by atoms with E-state index in [4.69, 9.17) is 0 Å². The Morgan fingerprint density at radius 2 is 1.68 bits per heavy atom. The summed E-state index contributed by atoms with van der Waals surface area (Å²) in [5, 5.41) is 2.72. The lowest BCUT2D eigenvalue weighted by Gasteiger charge is -2.37. The molecule has 1 aliphatic rings. The maximum atomic E-state index is 12.9. The third-order valence-electron chi connectivity index (χ3n) is 5.26. The summed E-state index contributed by atoms with van der Waals surface area (Å²) in [7, 11) is 0.